The van der Waals surface area contributed by atoms with Crippen molar-refractivity contribution in [3.05, 3.63) is 71.3 Å². The molecule has 184 valence electrons. The largest absolute Gasteiger partial charge is 0.357 e. The summed E-state index contributed by atoms with van der Waals surface area (Å²) in [5, 5.41) is 9.82. The molecule has 7 heteroatoms. The molecule has 0 saturated carbocycles. The third-order valence-electron chi connectivity index (χ3n) is 6.86. The van der Waals surface area contributed by atoms with E-state index >= 15 is 0 Å². The molecule has 2 atom stereocenters. The van der Waals surface area contributed by atoms with Gasteiger partial charge in [-0.05, 0) is 62.3 Å². The molecule has 0 aromatic heterocycles. The van der Waals surface area contributed by atoms with Gasteiger partial charge in [0.1, 0.15) is 0 Å². The van der Waals surface area contributed by atoms with E-state index in [-0.39, 0.29) is 29.9 Å². The van der Waals surface area contributed by atoms with Crippen molar-refractivity contribution in [3.8, 4) is 0 Å². The Morgan fingerprint density at radius 2 is 1.74 bits per heavy atom. The number of hydrogen-bond acceptors (Lipinski definition) is 3. The third-order valence-corrected chi connectivity index (χ3v) is 6.86. The Labute approximate surface area is 221 Å². The van der Waals surface area contributed by atoms with Crippen LogP contribution in [0.4, 0.5) is 0 Å². The van der Waals surface area contributed by atoms with E-state index in [1.807, 2.05) is 18.2 Å². The molecule has 2 aliphatic rings. The van der Waals surface area contributed by atoms with E-state index in [1.165, 1.54) is 31.2 Å². The van der Waals surface area contributed by atoms with E-state index in [0.717, 1.165) is 31.0 Å². The highest BCUT2D eigenvalue weighted by molar-refractivity contribution is 14.0. The van der Waals surface area contributed by atoms with Crippen molar-refractivity contribution in [2.75, 3.05) is 20.1 Å². The Hall–Kier alpha value is -2.13. The van der Waals surface area contributed by atoms with Crippen LogP contribution in [0, 0.1) is 0 Å². The highest BCUT2D eigenvalue weighted by Crippen LogP contribution is 2.36. The van der Waals surface area contributed by atoms with Crippen LogP contribution in [0.3, 0.4) is 0 Å². The van der Waals surface area contributed by atoms with Gasteiger partial charge in [0.25, 0.3) is 5.91 Å². The maximum Gasteiger partial charge on any atom is 0.251 e. The number of halogens is 1. The van der Waals surface area contributed by atoms with Gasteiger partial charge >= 0.3 is 0 Å². The van der Waals surface area contributed by atoms with Gasteiger partial charge in [-0.15, -0.1) is 24.0 Å². The predicted molar refractivity (Wildman–Crippen MR) is 150 cm³/mol. The van der Waals surface area contributed by atoms with Crippen LogP contribution in [-0.2, 0) is 13.0 Å². The Bertz CT molecular complexity index is 937. The molecule has 0 aliphatic carbocycles. The third kappa shape index (κ3) is 6.95. The molecule has 34 heavy (non-hydrogen) atoms. The van der Waals surface area contributed by atoms with E-state index in [1.54, 1.807) is 7.05 Å². The van der Waals surface area contributed by atoms with Crippen LogP contribution in [0.1, 0.15) is 54.1 Å². The van der Waals surface area contributed by atoms with Crippen molar-refractivity contribution < 1.29 is 4.79 Å². The van der Waals surface area contributed by atoms with E-state index < -0.39 is 0 Å². The van der Waals surface area contributed by atoms with Gasteiger partial charge < -0.3 is 16.0 Å². The fourth-order valence-corrected chi connectivity index (χ4v) is 5.27. The Morgan fingerprint density at radius 1 is 1.03 bits per heavy atom. The lowest BCUT2D eigenvalue weighted by Crippen LogP contribution is -2.52. The van der Waals surface area contributed by atoms with Crippen molar-refractivity contribution in [1.82, 2.24) is 20.9 Å². The lowest BCUT2D eigenvalue weighted by molar-refractivity contribution is 0.0963. The van der Waals surface area contributed by atoms with Gasteiger partial charge in [0, 0.05) is 50.4 Å². The number of benzene rings is 2. The number of nitrogens with zero attached hydrogens (tertiary/aromatic N) is 2. The van der Waals surface area contributed by atoms with Crippen molar-refractivity contribution in [3.63, 3.8) is 0 Å². The monoisotopic (exact) mass is 575 g/mol. The van der Waals surface area contributed by atoms with Crippen LogP contribution >= 0.6 is 24.0 Å². The predicted octanol–water partition coefficient (Wildman–Crippen LogP) is 3.96. The number of guanidine groups is 1. The summed E-state index contributed by atoms with van der Waals surface area (Å²) in [7, 11) is 1.66. The first kappa shape index (κ1) is 26.5. The van der Waals surface area contributed by atoms with Crippen LogP contribution in [0.25, 0.3) is 0 Å². The summed E-state index contributed by atoms with van der Waals surface area (Å²) < 4.78 is 0. The molecule has 2 heterocycles. The Balaban J connectivity index is 0.00000324. The van der Waals surface area contributed by atoms with E-state index in [0.29, 0.717) is 30.2 Å². The molecule has 2 saturated heterocycles. The fourth-order valence-electron chi connectivity index (χ4n) is 5.27. The molecule has 2 fully saturated rings. The second kappa shape index (κ2) is 13.1. The number of piperidine rings is 1. The second-order valence-electron chi connectivity index (χ2n) is 9.15. The fraction of sp³-hybridized carbons (Fsp3) is 0.481. The molecule has 0 radical (unpaired) electrons. The molecule has 2 aromatic rings. The molecule has 4 rings (SSSR count). The first-order valence-corrected chi connectivity index (χ1v) is 12.3. The minimum atomic E-state index is -0.0522. The summed E-state index contributed by atoms with van der Waals surface area (Å²) in [5.74, 6) is 0.851. The summed E-state index contributed by atoms with van der Waals surface area (Å²) in [6.45, 7) is 4.70. The van der Waals surface area contributed by atoms with E-state index in [4.69, 9.17) is 4.99 Å². The van der Waals surface area contributed by atoms with E-state index in [9.17, 15) is 4.79 Å². The number of carbonyl (C=O) groups excluding carboxylic acids is 1. The van der Waals surface area contributed by atoms with Crippen LogP contribution in [0.15, 0.2) is 59.6 Å². The highest BCUT2D eigenvalue weighted by atomic mass is 127. The minimum Gasteiger partial charge on any atom is -0.357 e. The maximum absolute atomic E-state index is 11.9. The standard InChI is InChI=1S/C27H37N5O.HI/c1-3-29-27(30-15-14-20-10-7-11-22(16-20)26(33)28-2)31-23-17-24-12-13-25(18-23)32(24)19-21-8-5-4-6-9-21;/h4-11,16,23-25H,3,12-15,17-19H2,1-2H3,(H,28,33)(H2,29,30,31);1H. The zero-order chi connectivity index (χ0) is 23.0. The van der Waals surface area contributed by atoms with Gasteiger partial charge in [-0.3, -0.25) is 14.7 Å². The molecule has 0 spiro atoms. The van der Waals surface area contributed by atoms with Crippen LogP contribution in [-0.4, -0.2) is 55.0 Å². The topological polar surface area (TPSA) is 68.8 Å². The summed E-state index contributed by atoms with van der Waals surface area (Å²) in [4.78, 5) is 19.4. The number of nitrogens with one attached hydrogen (secondary N) is 3. The first-order chi connectivity index (χ1) is 16.2. The average molecular weight is 576 g/mol. The molecule has 2 unspecified atom stereocenters. The van der Waals surface area contributed by atoms with Crippen molar-refractivity contribution >= 4 is 35.8 Å². The van der Waals surface area contributed by atoms with Gasteiger partial charge in [-0.25, -0.2) is 0 Å². The second-order valence-corrected chi connectivity index (χ2v) is 9.15. The zero-order valence-electron chi connectivity index (χ0n) is 20.3. The summed E-state index contributed by atoms with van der Waals surface area (Å²) in [5.41, 5.74) is 3.24. The lowest BCUT2D eigenvalue weighted by Gasteiger charge is -2.39. The van der Waals surface area contributed by atoms with E-state index in [2.05, 4.69) is 64.2 Å². The number of amides is 1. The molecule has 2 bridgehead atoms. The summed E-state index contributed by atoms with van der Waals surface area (Å²) in [6.07, 6.45) is 5.74. The number of hydrogen-bond donors (Lipinski definition) is 3. The average Bonchev–Trinajstić information content (AvgIpc) is 3.06. The molecular weight excluding hydrogens is 537 g/mol. The molecule has 2 aromatic carbocycles. The Kier molecular flexibility index (Phi) is 10.2. The number of rotatable bonds is 8. The SMILES string of the molecule is CCNC(=NCCc1cccc(C(=O)NC)c1)NC1CC2CCC(C1)N2Cc1ccccc1.I. The van der Waals surface area contributed by atoms with Gasteiger partial charge in [0.2, 0.25) is 0 Å². The van der Waals surface area contributed by atoms with Gasteiger partial charge in [0.05, 0.1) is 0 Å². The van der Waals surface area contributed by atoms with Gasteiger partial charge in [-0.2, -0.15) is 0 Å². The van der Waals surface area contributed by atoms with Crippen molar-refractivity contribution in [2.45, 2.75) is 63.7 Å². The van der Waals surface area contributed by atoms with Crippen molar-refractivity contribution in [2.24, 2.45) is 4.99 Å². The zero-order valence-corrected chi connectivity index (χ0v) is 22.6. The molecular formula is C27H38IN5O. The first-order valence-electron chi connectivity index (χ1n) is 12.3. The normalized spacial score (nSPS) is 22.1. The van der Waals surface area contributed by atoms with Crippen LogP contribution in [0.5, 0.6) is 0 Å². The minimum absolute atomic E-state index is 0. The summed E-state index contributed by atoms with van der Waals surface area (Å²) >= 11 is 0. The number of aliphatic imine (C=N–C) groups is 1. The van der Waals surface area contributed by atoms with Crippen LogP contribution < -0.4 is 16.0 Å². The smallest absolute Gasteiger partial charge is 0.251 e. The molecule has 6 nitrogen and oxygen atoms in total. The summed E-state index contributed by atoms with van der Waals surface area (Å²) in [6, 6.07) is 20.4. The molecule has 2 aliphatic heterocycles. The lowest BCUT2D eigenvalue weighted by atomic mass is 9.96. The molecule has 1 amide bonds. The number of carbonyl (C=O) groups is 1. The quantitative estimate of drug-likeness (QED) is 0.253. The molecule has 3 N–H and O–H groups in total. The highest BCUT2D eigenvalue weighted by Gasteiger charge is 2.40. The van der Waals surface area contributed by atoms with Crippen LogP contribution in [0.2, 0.25) is 0 Å². The number of fused-ring (bicyclic) bond motifs is 2. The Morgan fingerprint density at radius 3 is 2.41 bits per heavy atom. The van der Waals surface area contributed by atoms with Crippen molar-refractivity contribution in [1.29, 1.82) is 0 Å². The van der Waals surface area contributed by atoms with Gasteiger partial charge in [-0.1, -0.05) is 42.5 Å². The maximum atomic E-state index is 11.9. The van der Waals surface area contributed by atoms with Gasteiger partial charge in [0.15, 0.2) is 5.96 Å².